The van der Waals surface area contributed by atoms with Crippen molar-refractivity contribution in [1.82, 2.24) is 15.2 Å². The summed E-state index contributed by atoms with van der Waals surface area (Å²) in [5, 5.41) is 13.5. The Hall–Kier alpha value is -3.72. The maximum absolute atomic E-state index is 13.1. The average molecular weight is 497 g/mol. The largest absolute Gasteiger partial charge is 0.507 e. The van der Waals surface area contributed by atoms with Gasteiger partial charge in [0, 0.05) is 30.8 Å². The Balaban J connectivity index is 1.76. The van der Waals surface area contributed by atoms with Gasteiger partial charge in [0.15, 0.2) is 0 Å². The van der Waals surface area contributed by atoms with Crippen molar-refractivity contribution in [2.45, 2.75) is 25.5 Å². The number of rotatable bonds is 9. The second kappa shape index (κ2) is 11.3. The number of aromatic nitrogens is 1. The summed E-state index contributed by atoms with van der Waals surface area (Å²) in [6.45, 7) is -1.09. The van der Waals surface area contributed by atoms with Gasteiger partial charge < -0.3 is 25.0 Å². The molecule has 1 aliphatic rings. The molecule has 2 aromatic carbocycles. The maximum atomic E-state index is 13.1. The number of alkyl halides is 2. The lowest BCUT2D eigenvalue weighted by Crippen LogP contribution is -2.45. The summed E-state index contributed by atoms with van der Waals surface area (Å²) in [7, 11) is 3.89. The molecule has 1 fully saturated rings. The van der Waals surface area contributed by atoms with E-state index in [0.29, 0.717) is 47.7 Å². The summed E-state index contributed by atoms with van der Waals surface area (Å²) in [4.78, 5) is 21.7. The van der Waals surface area contributed by atoms with E-state index < -0.39 is 12.7 Å². The van der Waals surface area contributed by atoms with E-state index >= 15 is 0 Å². The average Bonchev–Trinajstić information content (AvgIpc) is 3.34. The smallest absolute Gasteiger partial charge is 0.387 e. The highest BCUT2D eigenvalue weighted by atomic mass is 19.3. The molecule has 1 aromatic heterocycles. The SMILES string of the molecule is CN(C)CCNC(=O)[C@@H]1CCCN1c1cc(-c2ccccc2OC(F)F)cc(-c2ccccc2O)n1. The minimum atomic E-state index is -2.97. The molecule has 1 atom stereocenters. The number of nitrogens with zero attached hydrogens (tertiary/aromatic N) is 3. The van der Waals surface area contributed by atoms with Crippen molar-refractivity contribution in [3.63, 3.8) is 0 Å². The van der Waals surface area contributed by atoms with Crippen LogP contribution in [0.15, 0.2) is 60.7 Å². The van der Waals surface area contributed by atoms with E-state index in [1.807, 2.05) is 23.9 Å². The van der Waals surface area contributed by atoms with Gasteiger partial charge in [-0.2, -0.15) is 8.78 Å². The van der Waals surface area contributed by atoms with E-state index in [1.165, 1.54) is 6.07 Å². The van der Waals surface area contributed by atoms with Gasteiger partial charge in [-0.15, -0.1) is 0 Å². The first kappa shape index (κ1) is 25.4. The van der Waals surface area contributed by atoms with E-state index in [2.05, 4.69) is 5.32 Å². The monoisotopic (exact) mass is 496 g/mol. The number of carbonyl (C=O) groups is 1. The zero-order valence-corrected chi connectivity index (χ0v) is 20.3. The molecule has 0 unspecified atom stereocenters. The van der Waals surface area contributed by atoms with Crippen molar-refractivity contribution >= 4 is 11.7 Å². The van der Waals surface area contributed by atoms with Crippen LogP contribution >= 0.6 is 0 Å². The fourth-order valence-electron chi connectivity index (χ4n) is 4.38. The van der Waals surface area contributed by atoms with Crippen molar-refractivity contribution in [3.8, 4) is 33.9 Å². The van der Waals surface area contributed by atoms with Crippen molar-refractivity contribution in [2.24, 2.45) is 0 Å². The minimum absolute atomic E-state index is 0.0345. The van der Waals surface area contributed by atoms with Crippen molar-refractivity contribution < 1.29 is 23.4 Å². The molecule has 1 amide bonds. The molecule has 36 heavy (non-hydrogen) atoms. The number of hydrogen-bond acceptors (Lipinski definition) is 6. The topological polar surface area (TPSA) is 77.9 Å². The molecule has 190 valence electrons. The van der Waals surface area contributed by atoms with Gasteiger partial charge in [0.1, 0.15) is 23.4 Å². The number of para-hydroxylation sites is 2. The second-order valence-electron chi connectivity index (χ2n) is 8.94. The fourth-order valence-corrected chi connectivity index (χ4v) is 4.38. The van der Waals surface area contributed by atoms with Gasteiger partial charge in [-0.25, -0.2) is 4.98 Å². The summed E-state index contributed by atoms with van der Waals surface area (Å²) >= 11 is 0. The van der Waals surface area contributed by atoms with Gasteiger partial charge in [-0.1, -0.05) is 30.3 Å². The van der Waals surface area contributed by atoms with Crippen LogP contribution in [0.3, 0.4) is 0 Å². The maximum Gasteiger partial charge on any atom is 0.387 e. The summed E-state index contributed by atoms with van der Waals surface area (Å²) in [5.74, 6) is 0.534. The number of anilines is 1. The van der Waals surface area contributed by atoms with Gasteiger partial charge in [0.05, 0.1) is 5.69 Å². The third-order valence-electron chi connectivity index (χ3n) is 6.11. The Morgan fingerprint density at radius 3 is 2.61 bits per heavy atom. The van der Waals surface area contributed by atoms with Crippen molar-refractivity contribution in [1.29, 1.82) is 0 Å². The first-order valence-corrected chi connectivity index (χ1v) is 11.9. The Morgan fingerprint density at radius 2 is 1.89 bits per heavy atom. The standard InChI is InChI=1S/C27H30F2N4O3/c1-32(2)15-13-30-26(35)22-10-7-14-33(22)25-17-18(19-8-4-6-12-24(19)36-27(28)29)16-21(31-25)20-9-3-5-11-23(20)34/h3-6,8-9,11-12,16-17,22,27,34H,7,10,13-15H2,1-2H3,(H,30,35)/t22-/m0/s1. The Morgan fingerprint density at radius 1 is 1.17 bits per heavy atom. The molecule has 4 rings (SSSR count). The number of aromatic hydroxyl groups is 1. The lowest BCUT2D eigenvalue weighted by Gasteiger charge is -2.26. The summed E-state index contributed by atoms with van der Waals surface area (Å²) in [6.07, 6.45) is 1.49. The summed E-state index contributed by atoms with van der Waals surface area (Å²) in [5.41, 5.74) is 2.02. The van der Waals surface area contributed by atoms with E-state index in [-0.39, 0.29) is 17.4 Å². The number of amides is 1. The molecule has 2 heterocycles. The van der Waals surface area contributed by atoms with E-state index in [0.717, 1.165) is 13.0 Å². The summed E-state index contributed by atoms with van der Waals surface area (Å²) < 4.78 is 31.0. The highest BCUT2D eigenvalue weighted by Crippen LogP contribution is 2.38. The van der Waals surface area contributed by atoms with Crippen LogP contribution in [0.25, 0.3) is 22.4 Å². The number of benzene rings is 2. The lowest BCUT2D eigenvalue weighted by atomic mass is 10.0. The van der Waals surface area contributed by atoms with Crippen LogP contribution in [0.1, 0.15) is 12.8 Å². The van der Waals surface area contributed by atoms with Crippen LogP contribution in [0, 0.1) is 0 Å². The Kier molecular flexibility index (Phi) is 8.00. The van der Waals surface area contributed by atoms with E-state index in [4.69, 9.17) is 9.72 Å². The number of halogens is 2. The number of carbonyl (C=O) groups excluding carboxylic acids is 1. The van der Waals surface area contributed by atoms with E-state index in [1.54, 1.807) is 54.6 Å². The molecule has 1 saturated heterocycles. The lowest BCUT2D eigenvalue weighted by molar-refractivity contribution is -0.122. The highest BCUT2D eigenvalue weighted by molar-refractivity contribution is 5.86. The zero-order valence-electron chi connectivity index (χ0n) is 20.3. The zero-order chi connectivity index (χ0) is 25.7. The number of pyridine rings is 1. The van der Waals surface area contributed by atoms with Crippen LogP contribution in [0.2, 0.25) is 0 Å². The quantitative estimate of drug-likeness (QED) is 0.458. The first-order valence-electron chi connectivity index (χ1n) is 11.9. The molecule has 0 spiro atoms. The molecule has 7 nitrogen and oxygen atoms in total. The molecular formula is C27H30F2N4O3. The first-order chi connectivity index (χ1) is 17.3. The normalized spacial score (nSPS) is 15.5. The molecule has 0 radical (unpaired) electrons. The fraction of sp³-hybridized carbons (Fsp3) is 0.333. The van der Waals surface area contributed by atoms with Gasteiger partial charge in [0.2, 0.25) is 5.91 Å². The molecule has 1 aliphatic heterocycles. The molecule has 3 aromatic rings. The number of nitrogens with one attached hydrogen (secondary N) is 1. The third kappa shape index (κ3) is 5.91. The number of phenolic OH excluding ortho intramolecular Hbond substituents is 1. The van der Waals surface area contributed by atoms with E-state index in [9.17, 15) is 18.7 Å². The molecule has 0 aliphatic carbocycles. The number of likely N-dealkylation sites (N-methyl/N-ethyl adjacent to an activating group) is 1. The predicted molar refractivity (Wildman–Crippen MR) is 135 cm³/mol. The summed E-state index contributed by atoms with van der Waals surface area (Å²) in [6, 6.07) is 16.5. The van der Waals surface area contributed by atoms with Gasteiger partial charge in [-0.3, -0.25) is 4.79 Å². The second-order valence-corrected chi connectivity index (χ2v) is 8.94. The van der Waals surface area contributed by atoms with Crippen LogP contribution < -0.4 is 15.0 Å². The molecule has 2 N–H and O–H groups in total. The molecule has 9 heteroatoms. The highest BCUT2D eigenvalue weighted by Gasteiger charge is 2.32. The Bertz CT molecular complexity index is 1210. The molecule has 0 saturated carbocycles. The van der Waals surface area contributed by atoms with Gasteiger partial charge >= 0.3 is 6.61 Å². The Labute approximate surface area is 209 Å². The van der Waals surface area contributed by atoms with Gasteiger partial charge in [-0.05, 0) is 62.8 Å². The van der Waals surface area contributed by atoms with Crippen LogP contribution in [-0.2, 0) is 4.79 Å². The minimum Gasteiger partial charge on any atom is -0.507 e. The molecular weight excluding hydrogens is 466 g/mol. The number of ether oxygens (including phenoxy) is 1. The molecule has 0 bridgehead atoms. The van der Waals surface area contributed by atoms with Crippen molar-refractivity contribution in [2.75, 3.05) is 38.6 Å². The number of hydrogen-bond donors (Lipinski definition) is 2. The third-order valence-corrected chi connectivity index (χ3v) is 6.11. The van der Waals surface area contributed by atoms with Gasteiger partial charge in [0.25, 0.3) is 0 Å². The van der Waals surface area contributed by atoms with Crippen LogP contribution in [0.5, 0.6) is 11.5 Å². The van der Waals surface area contributed by atoms with Crippen LogP contribution in [-0.4, -0.2) is 67.3 Å². The van der Waals surface area contributed by atoms with Crippen molar-refractivity contribution in [3.05, 3.63) is 60.7 Å². The number of phenols is 1. The predicted octanol–water partition coefficient (Wildman–Crippen LogP) is 4.37. The van der Waals surface area contributed by atoms with Crippen LogP contribution in [0.4, 0.5) is 14.6 Å².